The molecule has 0 aromatic heterocycles. The Kier molecular flexibility index (Phi) is 7.76. The molecule has 0 fully saturated rings. The molecule has 0 bridgehead atoms. The van der Waals surface area contributed by atoms with E-state index in [0.717, 1.165) is 22.6 Å². The summed E-state index contributed by atoms with van der Waals surface area (Å²) in [6.45, 7) is 3.94. The van der Waals surface area contributed by atoms with Crippen LogP contribution in [0.1, 0.15) is 31.4 Å². The van der Waals surface area contributed by atoms with Gasteiger partial charge in [0.25, 0.3) is 0 Å². The van der Waals surface area contributed by atoms with Crippen LogP contribution in [0.5, 0.6) is 0 Å². The van der Waals surface area contributed by atoms with Gasteiger partial charge >= 0.3 is 0 Å². The molecule has 0 heterocycles. The van der Waals surface area contributed by atoms with Crippen LogP contribution in [0, 0.1) is 0 Å². The first-order valence-electron chi connectivity index (χ1n) is 8.63. The van der Waals surface area contributed by atoms with Crippen molar-refractivity contribution in [1.29, 1.82) is 0 Å². The fourth-order valence-electron chi connectivity index (χ4n) is 2.58. The summed E-state index contributed by atoms with van der Waals surface area (Å²) in [5.41, 5.74) is 3.81. The van der Waals surface area contributed by atoms with Crippen LogP contribution >= 0.6 is 24.4 Å². The van der Waals surface area contributed by atoms with Crippen molar-refractivity contribution in [3.63, 3.8) is 0 Å². The molecule has 2 rings (SSSR count). The average molecular weight is 397 g/mol. The summed E-state index contributed by atoms with van der Waals surface area (Å²) in [5.74, 6) is 0. The zero-order valence-electron chi connectivity index (χ0n) is 16.1. The highest BCUT2D eigenvalue weighted by Crippen LogP contribution is 2.08. The second-order valence-corrected chi connectivity index (χ2v) is 7.01. The molecule has 27 heavy (non-hydrogen) atoms. The number of hydrogen-bond acceptors (Lipinski definition) is 4. The van der Waals surface area contributed by atoms with Crippen LogP contribution < -0.4 is 0 Å². The molecule has 0 atom stereocenters. The molecule has 6 heteroatoms. The average Bonchev–Trinajstić information content (AvgIpc) is 2.67. The Balaban J connectivity index is 2.00. The Labute approximate surface area is 172 Å². The maximum absolute atomic E-state index is 5.50. The summed E-state index contributed by atoms with van der Waals surface area (Å²) in [4.78, 5) is 1.37. The van der Waals surface area contributed by atoms with Gasteiger partial charge in [-0.2, -0.15) is 10.2 Å². The standard InChI is InChI=1S/C21H24N4S2/c1-16(22-24(3)20(26)18-11-7-5-8-12-18)15-17(2)23-25(4)21(27)19-13-9-6-10-14-19/h5-14H,15H2,1-4H3/b22-16-,23-17-. The fourth-order valence-corrected chi connectivity index (χ4v) is 2.93. The van der Waals surface area contributed by atoms with Crippen LogP contribution in [0.25, 0.3) is 0 Å². The SMILES string of the molecule is C/C(C/C(C)=N\N(C)C(=S)c1ccccc1)=N/N(C)C(=S)c1ccccc1. The maximum Gasteiger partial charge on any atom is 0.129 e. The first kappa shape index (κ1) is 20.9. The van der Waals surface area contributed by atoms with Crippen molar-refractivity contribution in [3.05, 3.63) is 71.8 Å². The summed E-state index contributed by atoms with van der Waals surface area (Å²) >= 11 is 11.0. The summed E-state index contributed by atoms with van der Waals surface area (Å²) in [7, 11) is 3.73. The topological polar surface area (TPSA) is 31.2 Å². The van der Waals surface area contributed by atoms with Crippen LogP contribution in [0.4, 0.5) is 0 Å². The lowest BCUT2D eigenvalue weighted by molar-refractivity contribution is 0.549. The van der Waals surface area contributed by atoms with Gasteiger partial charge in [-0.15, -0.1) is 0 Å². The molecule has 4 nitrogen and oxygen atoms in total. The van der Waals surface area contributed by atoms with E-state index in [-0.39, 0.29) is 0 Å². The second kappa shape index (κ2) is 10.0. The molecule has 0 N–H and O–H groups in total. The molecule has 0 spiro atoms. The Bertz CT molecular complexity index is 774. The van der Waals surface area contributed by atoms with Gasteiger partial charge in [0.05, 0.1) is 0 Å². The zero-order chi connectivity index (χ0) is 19.8. The van der Waals surface area contributed by atoms with Crippen molar-refractivity contribution in [2.75, 3.05) is 14.1 Å². The van der Waals surface area contributed by atoms with E-state index in [1.54, 1.807) is 10.0 Å². The van der Waals surface area contributed by atoms with Gasteiger partial charge in [0.1, 0.15) is 9.98 Å². The van der Waals surface area contributed by atoms with Crippen molar-refractivity contribution in [1.82, 2.24) is 10.0 Å². The van der Waals surface area contributed by atoms with Gasteiger partial charge in [0.2, 0.25) is 0 Å². The van der Waals surface area contributed by atoms with E-state index in [4.69, 9.17) is 24.4 Å². The van der Waals surface area contributed by atoms with Crippen LogP contribution in [0.3, 0.4) is 0 Å². The molecule has 0 amide bonds. The van der Waals surface area contributed by atoms with Gasteiger partial charge in [0, 0.05) is 43.1 Å². The molecule has 0 aliphatic rings. The van der Waals surface area contributed by atoms with Crippen LogP contribution in [-0.2, 0) is 0 Å². The van der Waals surface area contributed by atoms with Crippen molar-refractivity contribution < 1.29 is 0 Å². The Morgan fingerprint density at radius 2 is 1.04 bits per heavy atom. The van der Waals surface area contributed by atoms with Gasteiger partial charge in [-0.1, -0.05) is 85.1 Å². The third kappa shape index (κ3) is 6.34. The fraction of sp³-hybridized carbons (Fsp3) is 0.238. The number of rotatable bonds is 6. The van der Waals surface area contributed by atoms with Gasteiger partial charge in [-0.05, 0) is 13.8 Å². The molecule has 0 saturated carbocycles. The predicted octanol–water partition coefficient (Wildman–Crippen LogP) is 4.74. The van der Waals surface area contributed by atoms with Gasteiger partial charge in [0.15, 0.2) is 0 Å². The summed E-state index contributed by atoms with van der Waals surface area (Å²) < 4.78 is 0. The van der Waals surface area contributed by atoms with E-state index < -0.39 is 0 Å². The number of hydrogen-bond donors (Lipinski definition) is 0. The summed E-state index contributed by atoms with van der Waals surface area (Å²) in [6.07, 6.45) is 0.642. The molecule has 0 unspecified atom stereocenters. The van der Waals surface area contributed by atoms with Gasteiger partial charge in [-0.25, -0.2) is 0 Å². The van der Waals surface area contributed by atoms with Crippen LogP contribution in [0.15, 0.2) is 70.9 Å². The Hall–Kier alpha value is -2.44. The highest BCUT2D eigenvalue weighted by atomic mass is 32.1. The van der Waals surface area contributed by atoms with Crippen molar-refractivity contribution >= 4 is 45.8 Å². The van der Waals surface area contributed by atoms with Gasteiger partial charge < -0.3 is 0 Å². The molecule has 0 aliphatic carbocycles. The number of nitrogens with zero attached hydrogens (tertiary/aromatic N) is 4. The molecule has 2 aromatic carbocycles. The first-order chi connectivity index (χ1) is 12.9. The minimum Gasteiger partial charge on any atom is -0.257 e. The molecular weight excluding hydrogens is 372 g/mol. The quantitative estimate of drug-likeness (QED) is 0.401. The molecule has 0 radical (unpaired) electrons. The number of thiocarbonyl (C=S) groups is 2. The zero-order valence-corrected chi connectivity index (χ0v) is 17.7. The molecule has 2 aromatic rings. The lowest BCUT2D eigenvalue weighted by Crippen LogP contribution is -2.23. The Morgan fingerprint density at radius 1 is 0.704 bits per heavy atom. The highest BCUT2D eigenvalue weighted by molar-refractivity contribution is 7.80. The van der Waals surface area contributed by atoms with E-state index in [1.165, 1.54) is 0 Å². The minimum absolute atomic E-state index is 0.642. The molecule has 0 aliphatic heterocycles. The molecule has 0 saturated heterocycles. The highest BCUT2D eigenvalue weighted by Gasteiger charge is 2.08. The largest absolute Gasteiger partial charge is 0.257 e. The van der Waals surface area contributed by atoms with Crippen molar-refractivity contribution in [3.8, 4) is 0 Å². The second-order valence-electron chi connectivity index (χ2n) is 6.24. The van der Waals surface area contributed by atoms with Gasteiger partial charge in [-0.3, -0.25) is 10.0 Å². The van der Waals surface area contributed by atoms with E-state index >= 15 is 0 Å². The maximum atomic E-state index is 5.50. The van der Waals surface area contributed by atoms with E-state index in [9.17, 15) is 0 Å². The predicted molar refractivity (Wildman–Crippen MR) is 123 cm³/mol. The van der Waals surface area contributed by atoms with Crippen LogP contribution in [-0.4, -0.2) is 45.5 Å². The summed E-state index contributed by atoms with van der Waals surface area (Å²) in [6, 6.07) is 19.7. The van der Waals surface area contributed by atoms with Crippen molar-refractivity contribution in [2.24, 2.45) is 10.2 Å². The number of benzene rings is 2. The minimum atomic E-state index is 0.642. The van der Waals surface area contributed by atoms with Crippen LogP contribution in [0.2, 0.25) is 0 Å². The lowest BCUT2D eigenvalue weighted by atomic mass is 10.2. The van der Waals surface area contributed by atoms with Crippen molar-refractivity contribution in [2.45, 2.75) is 20.3 Å². The molecular formula is C21H24N4S2. The van der Waals surface area contributed by atoms with E-state index in [1.807, 2.05) is 88.6 Å². The molecule has 140 valence electrons. The monoisotopic (exact) mass is 396 g/mol. The normalized spacial score (nSPS) is 11.9. The summed E-state index contributed by atoms with van der Waals surface area (Å²) in [5, 5.41) is 12.6. The third-order valence-corrected chi connectivity index (χ3v) is 4.78. The third-order valence-electron chi connectivity index (χ3n) is 3.78. The Morgan fingerprint density at radius 3 is 1.37 bits per heavy atom. The lowest BCUT2D eigenvalue weighted by Gasteiger charge is -2.17. The number of hydrazone groups is 2. The smallest absolute Gasteiger partial charge is 0.129 e. The van der Waals surface area contributed by atoms with E-state index in [0.29, 0.717) is 16.4 Å². The van der Waals surface area contributed by atoms with E-state index in [2.05, 4.69) is 10.2 Å². The first-order valence-corrected chi connectivity index (χ1v) is 9.44.